The fourth-order valence-corrected chi connectivity index (χ4v) is 6.05. The molecule has 8 nitrogen and oxygen atoms in total. The highest BCUT2D eigenvalue weighted by Crippen LogP contribution is 2.56. The molecule has 3 fully saturated rings. The molecular formula is C31H39N3O5. The molecule has 0 atom stereocenters. The van der Waals surface area contributed by atoms with E-state index in [1.54, 1.807) is 12.0 Å². The van der Waals surface area contributed by atoms with Gasteiger partial charge in [-0.1, -0.05) is 24.3 Å². The summed E-state index contributed by atoms with van der Waals surface area (Å²) in [4.78, 5) is 43.1. The van der Waals surface area contributed by atoms with Crippen molar-refractivity contribution in [1.29, 1.82) is 0 Å². The first kappa shape index (κ1) is 27.0. The average Bonchev–Trinajstić information content (AvgIpc) is 2.89. The zero-order chi connectivity index (χ0) is 27.8. The van der Waals surface area contributed by atoms with Gasteiger partial charge in [-0.2, -0.15) is 0 Å². The van der Waals surface area contributed by atoms with Gasteiger partial charge in [-0.25, -0.2) is 9.59 Å². The number of urea groups is 1. The number of methoxy groups -OCH3 is 1. The van der Waals surface area contributed by atoms with Crippen molar-refractivity contribution >= 4 is 23.7 Å². The number of amides is 4. The Kier molecular flexibility index (Phi) is 7.31. The highest BCUT2D eigenvalue weighted by Gasteiger charge is 2.47. The summed E-state index contributed by atoms with van der Waals surface area (Å²) in [6, 6.07) is 15.4. The average molecular weight is 534 g/mol. The van der Waals surface area contributed by atoms with Crippen LogP contribution in [0.15, 0.2) is 48.5 Å². The Hall–Kier alpha value is -3.55. The van der Waals surface area contributed by atoms with E-state index in [0.717, 1.165) is 55.8 Å². The number of piperidine rings is 1. The Morgan fingerprint density at radius 3 is 2.18 bits per heavy atom. The van der Waals surface area contributed by atoms with E-state index in [1.165, 1.54) is 10.5 Å². The summed E-state index contributed by atoms with van der Waals surface area (Å²) in [5.41, 5.74) is 2.83. The number of anilines is 1. The van der Waals surface area contributed by atoms with E-state index in [4.69, 9.17) is 9.47 Å². The highest BCUT2D eigenvalue weighted by molar-refractivity contribution is 6.05. The van der Waals surface area contributed by atoms with Crippen molar-refractivity contribution in [1.82, 2.24) is 9.80 Å². The second-order valence-corrected chi connectivity index (χ2v) is 12.2. The van der Waals surface area contributed by atoms with Crippen LogP contribution in [-0.2, 0) is 16.1 Å². The van der Waals surface area contributed by atoms with Crippen LogP contribution in [0.1, 0.15) is 69.9 Å². The Labute approximate surface area is 230 Å². The summed E-state index contributed by atoms with van der Waals surface area (Å²) >= 11 is 0. The molecular weight excluding hydrogens is 494 g/mol. The summed E-state index contributed by atoms with van der Waals surface area (Å²) in [5, 5.41) is 0. The number of carbonyl (C=O) groups excluding carboxylic acids is 3. The summed E-state index contributed by atoms with van der Waals surface area (Å²) < 4.78 is 10.7. The number of rotatable bonds is 5. The third-order valence-electron chi connectivity index (χ3n) is 8.32. The Morgan fingerprint density at radius 1 is 0.949 bits per heavy atom. The molecule has 1 spiro atoms. The summed E-state index contributed by atoms with van der Waals surface area (Å²) in [5.74, 6) is 1.08. The predicted octanol–water partition coefficient (Wildman–Crippen LogP) is 5.95. The van der Waals surface area contributed by atoms with Gasteiger partial charge >= 0.3 is 12.1 Å². The van der Waals surface area contributed by atoms with Crippen LogP contribution in [0, 0.1) is 5.41 Å². The maximum absolute atomic E-state index is 13.3. The molecule has 4 amide bonds. The lowest BCUT2D eigenvalue weighted by Gasteiger charge is -2.52. The van der Waals surface area contributed by atoms with Crippen LogP contribution in [-0.4, -0.2) is 60.2 Å². The van der Waals surface area contributed by atoms with Gasteiger partial charge in [0.15, 0.2) is 0 Å². The minimum Gasteiger partial charge on any atom is -0.497 e. The third kappa shape index (κ3) is 5.89. The molecule has 0 unspecified atom stereocenters. The van der Waals surface area contributed by atoms with Gasteiger partial charge in [0.2, 0.25) is 5.91 Å². The number of ether oxygens (including phenoxy) is 2. The quantitative estimate of drug-likeness (QED) is 0.475. The van der Waals surface area contributed by atoms with Crippen molar-refractivity contribution in [3.8, 4) is 5.75 Å². The Balaban J connectivity index is 1.16. The first-order chi connectivity index (χ1) is 18.6. The smallest absolute Gasteiger partial charge is 0.410 e. The normalized spacial score (nSPS) is 19.7. The van der Waals surface area contributed by atoms with Crippen molar-refractivity contribution in [3.05, 3.63) is 59.7 Å². The largest absolute Gasteiger partial charge is 0.497 e. The van der Waals surface area contributed by atoms with Crippen molar-refractivity contribution in [2.45, 2.75) is 70.9 Å². The standard InChI is InChI=1S/C31H39N3O5/c1-30(2,3)39-29(37)32-17-14-31(15-18-32)19-24(20-31)23-7-9-25(10-8-23)33-16-13-27(35)34(28(33)36)21-22-5-11-26(38-4)12-6-22/h5-12,24H,13-21H2,1-4H3. The van der Waals surface area contributed by atoms with Gasteiger partial charge in [-0.3, -0.25) is 14.6 Å². The Bertz CT molecular complexity index is 1200. The van der Waals surface area contributed by atoms with E-state index in [1.807, 2.05) is 62.1 Å². The van der Waals surface area contributed by atoms with E-state index in [0.29, 0.717) is 24.3 Å². The number of carbonyl (C=O) groups is 3. The number of benzene rings is 2. The highest BCUT2D eigenvalue weighted by atomic mass is 16.6. The first-order valence-electron chi connectivity index (χ1n) is 13.9. The molecule has 2 aliphatic heterocycles. The van der Waals surface area contributed by atoms with Gasteiger partial charge in [-0.05, 0) is 93.2 Å². The van der Waals surface area contributed by atoms with Crippen LogP contribution >= 0.6 is 0 Å². The fourth-order valence-electron chi connectivity index (χ4n) is 6.05. The Morgan fingerprint density at radius 2 is 1.59 bits per heavy atom. The first-order valence-corrected chi connectivity index (χ1v) is 13.9. The van der Waals surface area contributed by atoms with E-state index >= 15 is 0 Å². The second kappa shape index (κ2) is 10.5. The van der Waals surface area contributed by atoms with Crippen molar-refractivity contribution in [3.63, 3.8) is 0 Å². The minimum atomic E-state index is -0.469. The topological polar surface area (TPSA) is 79.4 Å². The van der Waals surface area contributed by atoms with Crippen LogP contribution < -0.4 is 9.64 Å². The molecule has 3 aliphatic rings. The lowest BCUT2D eigenvalue weighted by atomic mass is 9.56. The second-order valence-electron chi connectivity index (χ2n) is 12.2. The van der Waals surface area contributed by atoms with Crippen molar-refractivity contribution in [2.75, 3.05) is 31.6 Å². The molecule has 1 saturated carbocycles. The van der Waals surface area contributed by atoms with Crippen molar-refractivity contribution in [2.24, 2.45) is 5.41 Å². The molecule has 2 saturated heterocycles. The van der Waals surface area contributed by atoms with Gasteiger partial charge in [-0.15, -0.1) is 0 Å². The van der Waals surface area contributed by atoms with Crippen LogP contribution in [0.3, 0.4) is 0 Å². The van der Waals surface area contributed by atoms with E-state index in [-0.39, 0.29) is 24.6 Å². The molecule has 2 aromatic rings. The zero-order valence-electron chi connectivity index (χ0n) is 23.4. The molecule has 0 bridgehead atoms. The molecule has 2 aromatic carbocycles. The molecule has 0 radical (unpaired) electrons. The maximum Gasteiger partial charge on any atom is 0.410 e. The van der Waals surface area contributed by atoms with Crippen LogP contribution in [0.2, 0.25) is 0 Å². The molecule has 39 heavy (non-hydrogen) atoms. The van der Waals surface area contributed by atoms with Gasteiger partial charge in [0.25, 0.3) is 0 Å². The number of nitrogens with zero attached hydrogens (tertiary/aromatic N) is 3. The third-order valence-corrected chi connectivity index (χ3v) is 8.32. The minimum absolute atomic E-state index is 0.152. The van der Waals surface area contributed by atoms with E-state index in [2.05, 4.69) is 12.1 Å². The van der Waals surface area contributed by atoms with Gasteiger partial charge < -0.3 is 14.4 Å². The molecule has 0 aromatic heterocycles. The summed E-state index contributed by atoms with van der Waals surface area (Å²) in [6.07, 6.45) is 4.38. The predicted molar refractivity (Wildman–Crippen MR) is 149 cm³/mol. The monoisotopic (exact) mass is 533 g/mol. The lowest BCUT2D eigenvalue weighted by Crippen LogP contribution is -2.52. The van der Waals surface area contributed by atoms with Gasteiger partial charge in [0.05, 0.1) is 13.7 Å². The van der Waals surface area contributed by atoms with E-state index < -0.39 is 5.60 Å². The van der Waals surface area contributed by atoms with E-state index in [9.17, 15) is 14.4 Å². The van der Waals surface area contributed by atoms with Crippen LogP contribution in [0.4, 0.5) is 15.3 Å². The maximum atomic E-state index is 13.3. The number of imide groups is 1. The van der Waals surface area contributed by atoms with Gasteiger partial charge in [0, 0.05) is 31.7 Å². The molecule has 208 valence electrons. The molecule has 2 heterocycles. The van der Waals surface area contributed by atoms with Crippen LogP contribution in [0.25, 0.3) is 0 Å². The van der Waals surface area contributed by atoms with Gasteiger partial charge in [0.1, 0.15) is 11.4 Å². The summed E-state index contributed by atoms with van der Waals surface area (Å²) in [7, 11) is 1.61. The van der Waals surface area contributed by atoms with Crippen molar-refractivity contribution < 1.29 is 23.9 Å². The lowest BCUT2D eigenvalue weighted by molar-refractivity contribution is -0.129. The number of hydrogen-bond acceptors (Lipinski definition) is 5. The zero-order valence-corrected chi connectivity index (χ0v) is 23.4. The molecule has 1 aliphatic carbocycles. The number of hydrogen-bond donors (Lipinski definition) is 0. The SMILES string of the molecule is COc1ccc(CN2C(=O)CCN(c3ccc(C4CC5(CCN(C(=O)OC(C)(C)C)CC5)C4)cc3)C2=O)cc1. The number of likely N-dealkylation sites (tertiary alicyclic amines) is 1. The fraction of sp³-hybridized carbons (Fsp3) is 0.516. The molecule has 5 rings (SSSR count). The molecule has 8 heteroatoms. The summed E-state index contributed by atoms with van der Waals surface area (Å²) in [6.45, 7) is 7.83. The molecule has 0 N–H and O–H groups in total. The van der Waals surface area contributed by atoms with Crippen LogP contribution in [0.5, 0.6) is 5.75 Å².